The fraction of sp³-hybridized carbons (Fsp3) is 0.111. The highest BCUT2D eigenvalue weighted by Crippen LogP contribution is 2.16. The summed E-state index contributed by atoms with van der Waals surface area (Å²) >= 11 is 1.33. The van der Waals surface area contributed by atoms with Crippen molar-refractivity contribution in [2.45, 2.75) is 0 Å². The van der Waals surface area contributed by atoms with E-state index in [0.717, 1.165) is 0 Å². The van der Waals surface area contributed by atoms with Gasteiger partial charge in [-0.3, -0.25) is 19.1 Å². The van der Waals surface area contributed by atoms with Crippen LogP contribution in [0.1, 0.15) is 30.5 Å². The van der Waals surface area contributed by atoms with Crippen LogP contribution >= 0.6 is 11.3 Å². The molecule has 0 aliphatic rings. The molecule has 2 aromatic heterocycles. The number of hydrogen-bond acceptors (Lipinski definition) is 5. The third kappa shape index (κ3) is 4.21. The minimum absolute atomic E-state index is 0.161. The van der Waals surface area contributed by atoms with Crippen molar-refractivity contribution in [3.05, 3.63) is 64.0 Å². The van der Waals surface area contributed by atoms with E-state index >= 15 is 0 Å². The van der Waals surface area contributed by atoms with E-state index in [0.29, 0.717) is 21.9 Å². The molecule has 0 bridgehead atoms. The zero-order valence-corrected chi connectivity index (χ0v) is 15.5. The monoisotopic (exact) mass is 383 g/mol. The first-order chi connectivity index (χ1) is 13.0. The first kappa shape index (κ1) is 18.3. The lowest BCUT2D eigenvalue weighted by Gasteiger charge is -2.04. The van der Waals surface area contributed by atoms with Crippen LogP contribution in [0.15, 0.2) is 47.8 Å². The van der Waals surface area contributed by atoms with E-state index < -0.39 is 5.91 Å². The van der Waals surface area contributed by atoms with Gasteiger partial charge >= 0.3 is 0 Å². The van der Waals surface area contributed by atoms with Gasteiger partial charge in [0.25, 0.3) is 17.7 Å². The molecular weight excluding hydrogens is 366 g/mol. The van der Waals surface area contributed by atoms with Crippen LogP contribution in [0.25, 0.3) is 0 Å². The maximum absolute atomic E-state index is 12.4. The molecule has 3 rings (SSSR count). The summed E-state index contributed by atoms with van der Waals surface area (Å²) in [6, 6.07) is 11.5. The smallest absolute Gasteiger partial charge is 0.276 e. The molecule has 2 heterocycles. The van der Waals surface area contributed by atoms with Crippen molar-refractivity contribution in [1.82, 2.24) is 15.1 Å². The SMILES string of the molecule is CNC(=O)c1ccc(NC(=O)c2cc(NC(=O)c3cccs3)n(C)n2)cc1. The van der Waals surface area contributed by atoms with Gasteiger partial charge in [-0.1, -0.05) is 6.07 Å². The van der Waals surface area contributed by atoms with Crippen LogP contribution in [0.4, 0.5) is 11.5 Å². The van der Waals surface area contributed by atoms with Crippen LogP contribution in [-0.4, -0.2) is 34.5 Å². The van der Waals surface area contributed by atoms with Gasteiger partial charge in [0.2, 0.25) is 0 Å². The Labute approximate surface area is 159 Å². The lowest BCUT2D eigenvalue weighted by atomic mass is 10.2. The summed E-state index contributed by atoms with van der Waals surface area (Å²) in [5.74, 6) is -0.475. The molecule has 3 aromatic rings. The quantitative estimate of drug-likeness (QED) is 0.629. The van der Waals surface area contributed by atoms with Crippen molar-refractivity contribution in [3.8, 4) is 0 Å². The fourth-order valence-electron chi connectivity index (χ4n) is 2.33. The molecule has 0 aliphatic carbocycles. The molecule has 0 fully saturated rings. The molecule has 0 saturated carbocycles. The van der Waals surface area contributed by atoms with Crippen LogP contribution in [0.2, 0.25) is 0 Å². The Balaban J connectivity index is 1.68. The number of hydrogen-bond donors (Lipinski definition) is 3. The van der Waals surface area contributed by atoms with Crippen LogP contribution in [-0.2, 0) is 7.05 Å². The molecule has 3 amide bonds. The predicted octanol–water partition coefficient (Wildman–Crippen LogP) is 2.35. The topological polar surface area (TPSA) is 105 Å². The number of nitrogens with zero attached hydrogens (tertiary/aromatic N) is 2. The summed E-state index contributed by atoms with van der Waals surface area (Å²) in [6.07, 6.45) is 0. The number of rotatable bonds is 5. The van der Waals surface area contributed by atoms with Gasteiger partial charge in [-0.25, -0.2) is 0 Å². The van der Waals surface area contributed by atoms with Crippen LogP contribution in [0.5, 0.6) is 0 Å². The first-order valence-electron chi connectivity index (χ1n) is 8.00. The second-order valence-electron chi connectivity index (χ2n) is 5.58. The molecule has 0 aliphatic heterocycles. The summed E-state index contributed by atoms with van der Waals surface area (Å²) in [5.41, 5.74) is 1.18. The molecule has 0 saturated heterocycles. The number of aromatic nitrogens is 2. The maximum atomic E-state index is 12.4. The van der Waals surface area contributed by atoms with E-state index in [9.17, 15) is 14.4 Å². The van der Waals surface area contributed by atoms with Gasteiger partial charge in [-0.15, -0.1) is 11.3 Å². The van der Waals surface area contributed by atoms with Crippen LogP contribution in [0, 0.1) is 0 Å². The average Bonchev–Trinajstić information content (AvgIpc) is 3.32. The number of anilines is 2. The number of thiophene rings is 1. The summed E-state index contributed by atoms with van der Waals surface area (Å²) < 4.78 is 1.43. The summed E-state index contributed by atoms with van der Waals surface area (Å²) in [7, 11) is 3.19. The summed E-state index contributed by atoms with van der Waals surface area (Å²) in [4.78, 5) is 36.6. The standard InChI is InChI=1S/C18H17N5O3S/c1-19-16(24)11-5-7-12(8-6-11)20-17(25)13-10-15(23(2)22-13)21-18(26)14-4-3-9-27-14/h3-10H,1-2H3,(H,19,24)(H,20,25)(H,21,26). The van der Waals surface area contributed by atoms with Gasteiger partial charge in [-0.05, 0) is 35.7 Å². The van der Waals surface area contributed by atoms with Crippen molar-refractivity contribution < 1.29 is 14.4 Å². The van der Waals surface area contributed by atoms with Gasteiger partial charge in [0.05, 0.1) is 4.88 Å². The number of carbonyl (C=O) groups is 3. The molecule has 0 atom stereocenters. The normalized spacial score (nSPS) is 10.3. The zero-order valence-electron chi connectivity index (χ0n) is 14.6. The third-order valence-electron chi connectivity index (χ3n) is 3.73. The first-order valence-corrected chi connectivity index (χ1v) is 8.88. The van der Waals surface area contributed by atoms with Gasteiger partial charge in [-0.2, -0.15) is 5.10 Å². The Morgan fingerprint density at radius 3 is 2.37 bits per heavy atom. The lowest BCUT2D eigenvalue weighted by molar-refractivity contribution is 0.0961. The minimum atomic E-state index is -0.421. The number of amides is 3. The molecule has 1 aromatic carbocycles. The molecule has 27 heavy (non-hydrogen) atoms. The van der Waals surface area contributed by atoms with E-state index in [1.165, 1.54) is 22.1 Å². The Morgan fingerprint density at radius 1 is 1.00 bits per heavy atom. The molecule has 3 N–H and O–H groups in total. The molecule has 0 spiro atoms. The van der Waals surface area contributed by atoms with E-state index in [-0.39, 0.29) is 17.5 Å². The fourth-order valence-corrected chi connectivity index (χ4v) is 2.94. The van der Waals surface area contributed by atoms with E-state index in [1.807, 2.05) is 5.38 Å². The third-order valence-corrected chi connectivity index (χ3v) is 4.60. The molecule has 138 valence electrons. The predicted molar refractivity (Wildman–Crippen MR) is 103 cm³/mol. The molecule has 8 nitrogen and oxygen atoms in total. The number of nitrogens with one attached hydrogen (secondary N) is 3. The highest BCUT2D eigenvalue weighted by atomic mass is 32.1. The van der Waals surface area contributed by atoms with Gasteiger partial charge < -0.3 is 16.0 Å². The Kier molecular flexibility index (Phi) is 5.32. The van der Waals surface area contributed by atoms with Crippen molar-refractivity contribution in [2.24, 2.45) is 7.05 Å². The Hall–Kier alpha value is -3.46. The second kappa shape index (κ2) is 7.83. The Morgan fingerprint density at radius 2 is 1.74 bits per heavy atom. The van der Waals surface area contributed by atoms with Crippen molar-refractivity contribution in [2.75, 3.05) is 17.7 Å². The largest absolute Gasteiger partial charge is 0.355 e. The highest BCUT2D eigenvalue weighted by molar-refractivity contribution is 7.12. The summed E-state index contributed by atoms with van der Waals surface area (Å²) in [6.45, 7) is 0. The molecular formula is C18H17N5O3S. The maximum Gasteiger partial charge on any atom is 0.276 e. The van der Waals surface area contributed by atoms with Crippen molar-refractivity contribution in [1.29, 1.82) is 0 Å². The van der Waals surface area contributed by atoms with Gasteiger partial charge in [0, 0.05) is 31.4 Å². The van der Waals surface area contributed by atoms with Crippen LogP contribution < -0.4 is 16.0 Å². The minimum Gasteiger partial charge on any atom is -0.355 e. The number of carbonyl (C=O) groups excluding carboxylic acids is 3. The van der Waals surface area contributed by atoms with Crippen LogP contribution in [0.3, 0.4) is 0 Å². The van der Waals surface area contributed by atoms with Gasteiger partial charge in [0.15, 0.2) is 5.69 Å². The second-order valence-corrected chi connectivity index (χ2v) is 6.53. The van der Waals surface area contributed by atoms with Gasteiger partial charge in [0.1, 0.15) is 5.82 Å². The summed E-state index contributed by atoms with van der Waals surface area (Å²) in [5, 5.41) is 13.9. The van der Waals surface area contributed by atoms with E-state index in [2.05, 4.69) is 21.0 Å². The molecule has 9 heteroatoms. The molecule has 0 radical (unpaired) electrons. The van der Waals surface area contributed by atoms with Crippen molar-refractivity contribution in [3.63, 3.8) is 0 Å². The number of aryl methyl sites for hydroxylation is 1. The number of benzene rings is 1. The van der Waals surface area contributed by atoms with E-state index in [4.69, 9.17) is 0 Å². The van der Waals surface area contributed by atoms with Crippen molar-refractivity contribution >= 4 is 40.6 Å². The Bertz CT molecular complexity index is 977. The van der Waals surface area contributed by atoms with E-state index in [1.54, 1.807) is 50.5 Å². The average molecular weight is 383 g/mol. The zero-order chi connectivity index (χ0) is 19.4. The molecule has 0 unspecified atom stereocenters. The lowest BCUT2D eigenvalue weighted by Crippen LogP contribution is -2.18. The highest BCUT2D eigenvalue weighted by Gasteiger charge is 2.16.